The van der Waals surface area contributed by atoms with E-state index in [0.717, 1.165) is 12.6 Å². The molecule has 1 heterocycles. The van der Waals surface area contributed by atoms with Crippen LogP contribution in [0.1, 0.15) is 17.2 Å². The first-order chi connectivity index (χ1) is 15.4. The maximum Gasteiger partial charge on any atom is 0.0608 e. The van der Waals surface area contributed by atoms with E-state index in [0.29, 0.717) is 6.04 Å². The summed E-state index contributed by atoms with van der Waals surface area (Å²) >= 11 is 0. The van der Waals surface area contributed by atoms with Crippen LogP contribution in [0.25, 0.3) is 0 Å². The summed E-state index contributed by atoms with van der Waals surface area (Å²) in [5.74, 6) is 1.32. The fourth-order valence-corrected chi connectivity index (χ4v) is 11.2. The van der Waals surface area contributed by atoms with E-state index in [1.807, 2.05) is 0 Å². The van der Waals surface area contributed by atoms with Gasteiger partial charge < -0.3 is 0 Å². The first kappa shape index (κ1) is 20.6. The predicted octanol–water partition coefficient (Wildman–Crippen LogP) is 6.58. The summed E-state index contributed by atoms with van der Waals surface area (Å²) in [6.07, 6.45) is 2.30. The molecule has 31 heavy (non-hydrogen) atoms. The van der Waals surface area contributed by atoms with Crippen molar-refractivity contribution in [1.82, 2.24) is 4.90 Å². The molecule has 1 aliphatic heterocycles. The Balaban J connectivity index is 1.55. The lowest BCUT2D eigenvalue weighted by molar-refractivity contribution is 0.308. The summed E-state index contributed by atoms with van der Waals surface area (Å²) in [4.78, 5) is 2.77. The van der Waals surface area contributed by atoms with Gasteiger partial charge in [-0.15, -0.1) is 0 Å². The molecule has 0 aliphatic carbocycles. The molecule has 3 heteroatoms. The third-order valence-electron chi connectivity index (χ3n) is 5.88. The number of nitrogens with zero attached hydrogens (tertiary/aromatic N) is 1. The second-order valence-corrected chi connectivity index (χ2v) is 12.9. The second-order valence-electron chi connectivity index (χ2n) is 7.99. The van der Waals surface area contributed by atoms with Crippen LogP contribution in [-0.2, 0) is 0 Å². The van der Waals surface area contributed by atoms with E-state index in [2.05, 4.69) is 126 Å². The monoisotopic (exact) mass is 439 g/mol. The van der Waals surface area contributed by atoms with E-state index in [-0.39, 0.29) is 15.8 Å². The van der Waals surface area contributed by atoms with Gasteiger partial charge in [0.1, 0.15) is 0 Å². The van der Waals surface area contributed by atoms with Crippen LogP contribution in [0.15, 0.2) is 121 Å². The fourth-order valence-electron chi connectivity index (χ4n) is 4.43. The highest BCUT2D eigenvalue weighted by molar-refractivity contribution is 7.82. The molecule has 0 spiro atoms. The molecule has 1 nitrogen and oxygen atoms in total. The number of rotatable bonds is 5. The molecule has 0 saturated carbocycles. The van der Waals surface area contributed by atoms with Crippen molar-refractivity contribution in [3.8, 4) is 0 Å². The Morgan fingerprint density at radius 3 is 1.23 bits per heavy atom. The van der Waals surface area contributed by atoms with Gasteiger partial charge in [-0.1, -0.05) is 137 Å². The quantitative estimate of drug-likeness (QED) is 0.318. The van der Waals surface area contributed by atoms with Gasteiger partial charge in [0.15, 0.2) is 0 Å². The predicted molar refractivity (Wildman–Crippen MR) is 137 cm³/mol. The summed E-state index contributed by atoms with van der Waals surface area (Å²) in [7, 11) is -0.455. The van der Waals surface area contributed by atoms with E-state index in [1.54, 1.807) is 0 Å². The van der Waals surface area contributed by atoms with Crippen LogP contribution in [-0.4, -0.2) is 23.4 Å². The van der Waals surface area contributed by atoms with Gasteiger partial charge >= 0.3 is 0 Å². The molecule has 5 rings (SSSR count). The van der Waals surface area contributed by atoms with Crippen LogP contribution in [0.3, 0.4) is 0 Å². The van der Waals surface area contributed by atoms with E-state index in [9.17, 15) is 0 Å². The zero-order valence-electron chi connectivity index (χ0n) is 17.6. The standard InChI is InChI=1S/C28H27NP2/c1-5-13-24(14-6-1)28(25-15-7-2-8-16-25)29-21-30(26-17-9-3-10-18-26)23-31(22-29)27-19-11-4-12-20-27/h1-20,28H,21-23H2. The van der Waals surface area contributed by atoms with Crippen molar-refractivity contribution in [3.63, 3.8) is 0 Å². The maximum absolute atomic E-state index is 2.77. The van der Waals surface area contributed by atoms with E-state index in [1.165, 1.54) is 27.6 Å². The third kappa shape index (κ3) is 4.81. The first-order valence-corrected chi connectivity index (χ1v) is 14.2. The number of hydrogen-bond donors (Lipinski definition) is 0. The van der Waals surface area contributed by atoms with E-state index < -0.39 is 0 Å². The van der Waals surface area contributed by atoms with Crippen molar-refractivity contribution in [2.45, 2.75) is 6.04 Å². The van der Waals surface area contributed by atoms with Crippen LogP contribution in [0.2, 0.25) is 0 Å². The molecule has 1 aliphatic rings. The minimum Gasteiger partial charge on any atom is -0.283 e. The Bertz CT molecular complexity index is 984. The molecule has 0 amide bonds. The molecule has 1 fully saturated rings. The van der Waals surface area contributed by atoms with Crippen molar-refractivity contribution in [3.05, 3.63) is 132 Å². The minimum absolute atomic E-state index is 0.228. The van der Waals surface area contributed by atoms with Gasteiger partial charge in [0.2, 0.25) is 0 Å². The molecule has 1 saturated heterocycles. The van der Waals surface area contributed by atoms with E-state index >= 15 is 0 Å². The van der Waals surface area contributed by atoms with Crippen LogP contribution >= 0.6 is 15.8 Å². The highest BCUT2D eigenvalue weighted by Crippen LogP contribution is 2.56. The molecule has 2 atom stereocenters. The van der Waals surface area contributed by atoms with Crippen LogP contribution in [0.4, 0.5) is 0 Å². The molecule has 0 bridgehead atoms. The summed E-state index contributed by atoms with van der Waals surface area (Å²) in [6.45, 7) is 0. The van der Waals surface area contributed by atoms with Gasteiger partial charge in [0, 0.05) is 12.6 Å². The molecule has 4 aromatic rings. The average Bonchev–Trinajstić information content (AvgIpc) is 2.86. The van der Waals surface area contributed by atoms with Crippen molar-refractivity contribution in [2.75, 3.05) is 18.5 Å². The van der Waals surface area contributed by atoms with Gasteiger partial charge in [-0.05, 0) is 27.6 Å². The fraction of sp³-hybridized carbons (Fsp3) is 0.143. The highest BCUT2D eigenvalue weighted by atomic mass is 31.2. The SMILES string of the molecule is c1ccc(C(c2ccccc2)N2CP(c3ccccc3)CP(c3ccccc3)C2)cc1. The van der Waals surface area contributed by atoms with Crippen molar-refractivity contribution in [1.29, 1.82) is 0 Å². The highest BCUT2D eigenvalue weighted by Gasteiger charge is 2.33. The van der Waals surface area contributed by atoms with E-state index in [4.69, 9.17) is 0 Å². The van der Waals surface area contributed by atoms with Gasteiger partial charge in [-0.3, -0.25) is 4.90 Å². The van der Waals surface area contributed by atoms with Gasteiger partial charge in [0.25, 0.3) is 0 Å². The lowest BCUT2D eigenvalue weighted by atomic mass is 9.98. The van der Waals surface area contributed by atoms with Gasteiger partial charge in [-0.25, -0.2) is 0 Å². The zero-order valence-corrected chi connectivity index (χ0v) is 19.4. The lowest BCUT2D eigenvalue weighted by Gasteiger charge is -2.43. The summed E-state index contributed by atoms with van der Waals surface area (Å²) in [6, 6.07) is 44.9. The maximum atomic E-state index is 2.77. The largest absolute Gasteiger partial charge is 0.283 e. The summed E-state index contributed by atoms with van der Waals surface area (Å²) < 4.78 is 0. The smallest absolute Gasteiger partial charge is 0.0608 e. The molecule has 0 aromatic heterocycles. The Morgan fingerprint density at radius 2 is 0.839 bits per heavy atom. The molecule has 0 N–H and O–H groups in total. The topological polar surface area (TPSA) is 3.24 Å². The Labute approximate surface area is 188 Å². The van der Waals surface area contributed by atoms with Gasteiger partial charge in [0.05, 0.1) is 6.04 Å². The number of hydrogen-bond acceptors (Lipinski definition) is 1. The molecular formula is C28H27NP2. The first-order valence-electron chi connectivity index (χ1n) is 10.8. The van der Waals surface area contributed by atoms with Crippen LogP contribution in [0, 0.1) is 0 Å². The number of benzene rings is 4. The molecule has 4 aromatic carbocycles. The van der Waals surface area contributed by atoms with Crippen LogP contribution < -0.4 is 10.6 Å². The minimum atomic E-state index is -0.228. The van der Waals surface area contributed by atoms with Gasteiger partial charge in [-0.2, -0.15) is 0 Å². The average molecular weight is 439 g/mol. The molecular weight excluding hydrogens is 412 g/mol. The molecule has 0 radical (unpaired) electrons. The second kappa shape index (κ2) is 9.88. The zero-order chi connectivity index (χ0) is 20.9. The Morgan fingerprint density at radius 1 is 0.484 bits per heavy atom. The Kier molecular flexibility index (Phi) is 6.57. The Hall–Kier alpha value is -2.30. The van der Waals surface area contributed by atoms with Crippen molar-refractivity contribution in [2.24, 2.45) is 0 Å². The summed E-state index contributed by atoms with van der Waals surface area (Å²) in [5, 5.41) is 3.07. The summed E-state index contributed by atoms with van der Waals surface area (Å²) in [5.41, 5.74) is 2.78. The van der Waals surface area contributed by atoms with Crippen LogP contribution in [0.5, 0.6) is 0 Å². The molecule has 2 unspecified atom stereocenters. The molecule has 154 valence electrons. The normalized spacial score (nSPS) is 19.4. The third-order valence-corrected chi connectivity index (χ3v) is 12.1. The lowest BCUT2D eigenvalue weighted by Crippen LogP contribution is -2.36. The van der Waals surface area contributed by atoms with Crippen molar-refractivity contribution >= 4 is 26.5 Å². The van der Waals surface area contributed by atoms with Crippen molar-refractivity contribution < 1.29 is 0 Å².